The Bertz CT molecular complexity index is 283. The predicted octanol–water partition coefficient (Wildman–Crippen LogP) is 0.319. The van der Waals surface area contributed by atoms with Crippen LogP contribution in [0.25, 0.3) is 0 Å². The number of imidazole rings is 1. The molecular formula is C5H10N2O4S. The molecule has 0 amide bonds. The van der Waals surface area contributed by atoms with Crippen molar-refractivity contribution in [1.82, 2.24) is 9.97 Å². The number of hydrogen-bond acceptors (Lipinski definition) is 3. The SMILES string of the molecule is CCc1ncc[nH]1.O=S(=O)(O)O. The first-order valence-electron chi connectivity index (χ1n) is 3.11. The highest BCUT2D eigenvalue weighted by molar-refractivity contribution is 7.79. The third kappa shape index (κ3) is 9.08. The van der Waals surface area contributed by atoms with E-state index in [0.717, 1.165) is 12.2 Å². The third-order valence-corrected chi connectivity index (χ3v) is 0.890. The zero-order chi connectivity index (χ0) is 9.61. The van der Waals surface area contributed by atoms with Crippen molar-refractivity contribution in [2.75, 3.05) is 0 Å². The number of aromatic nitrogens is 2. The average Bonchev–Trinajstić information content (AvgIpc) is 2.33. The van der Waals surface area contributed by atoms with Crippen LogP contribution in [0.1, 0.15) is 12.7 Å². The summed E-state index contributed by atoms with van der Waals surface area (Å²) >= 11 is 0. The number of aryl methyl sites for hydroxylation is 1. The van der Waals surface area contributed by atoms with Crippen LogP contribution in [0.3, 0.4) is 0 Å². The van der Waals surface area contributed by atoms with Crippen LogP contribution in [-0.2, 0) is 16.8 Å². The molecule has 7 heteroatoms. The maximum absolute atomic E-state index is 8.74. The molecule has 0 saturated heterocycles. The van der Waals surface area contributed by atoms with E-state index in [1.165, 1.54) is 0 Å². The van der Waals surface area contributed by atoms with Gasteiger partial charge >= 0.3 is 10.4 Å². The van der Waals surface area contributed by atoms with E-state index >= 15 is 0 Å². The summed E-state index contributed by atoms with van der Waals surface area (Å²) in [5.74, 6) is 1.06. The Morgan fingerprint density at radius 1 is 1.58 bits per heavy atom. The lowest BCUT2D eigenvalue weighted by Gasteiger charge is -1.79. The van der Waals surface area contributed by atoms with Gasteiger partial charge in [0.25, 0.3) is 0 Å². The second-order valence-corrected chi connectivity index (χ2v) is 2.73. The second kappa shape index (κ2) is 4.86. The Hall–Kier alpha value is -0.920. The zero-order valence-corrected chi connectivity index (χ0v) is 7.24. The van der Waals surface area contributed by atoms with E-state index < -0.39 is 10.4 Å². The highest BCUT2D eigenvalue weighted by atomic mass is 32.3. The smallest absolute Gasteiger partial charge is 0.349 e. The van der Waals surface area contributed by atoms with Gasteiger partial charge in [0.1, 0.15) is 5.82 Å². The Morgan fingerprint density at radius 3 is 2.25 bits per heavy atom. The van der Waals surface area contributed by atoms with Gasteiger partial charge in [-0.05, 0) is 0 Å². The number of rotatable bonds is 1. The highest BCUT2D eigenvalue weighted by Crippen LogP contribution is 1.85. The molecule has 0 atom stereocenters. The summed E-state index contributed by atoms with van der Waals surface area (Å²) in [5, 5.41) is 0. The molecule has 1 aromatic heterocycles. The molecule has 0 spiro atoms. The largest absolute Gasteiger partial charge is 0.394 e. The third-order valence-electron chi connectivity index (χ3n) is 0.890. The van der Waals surface area contributed by atoms with E-state index in [1.807, 2.05) is 6.20 Å². The van der Waals surface area contributed by atoms with Gasteiger partial charge in [-0.15, -0.1) is 0 Å². The molecule has 0 aliphatic carbocycles. The average molecular weight is 194 g/mol. The van der Waals surface area contributed by atoms with Gasteiger partial charge in [-0.25, -0.2) is 4.98 Å². The molecule has 0 aliphatic heterocycles. The van der Waals surface area contributed by atoms with Crippen molar-refractivity contribution in [3.8, 4) is 0 Å². The van der Waals surface area contributed by atoms with E-state index in [2.05, 4.69) is 16.9 Å². The maximum Gasteiger partial charge on any atom is 0.394 e. The fourth-order valence-electron chi connectivity index (χ4n) is 0.491. The summed E-state index contributed by atoms with van der Waals surface area (Å²) < 4.78 is 31.6. The second-order valence-electron chi connectivity index (χ2n) is 1.84. The number of nitrogens with one attached hydrogen (secondary N) is 1. The van der Waals surface area contributed by atoms with E-state index in [-0.39, 0.29) is 0 Å². The van der Waals surface area contributed by atoms with Gasteiger partial charge in [0.05, 0.1) is 0 Å². The van der Waals surface area contributed by atoms with Crippen LogP contribution < -0.4 is 0 Å². The van der Waals surface area contributed by atoms with Crippen LogP contribution in [0, 0.1) is 0 Å². The molecule has 0 radical (unpaired) electrons. The highest BCUT2D eigenvalue weighted by Gasteiger charge is 1.84. The summed E-state index contributed by atoms with van der Waals surface area (Å²) in [4.78, 5) is 6.95. The molecule has 0 aromatic carbocycles. The molecule has 0 aliphatic rings. The molecule has 12 heavy (non-hydrogen) atoms. The predicted molar refractivity (Wildman–Crippen MR) is 42.1 cm³/mol. The molecule has 70 valence electrons. The molecule has 1 aromatic rings. The van der Waals surface area contributed by atoms with Crippen molar-refractivity contribution >= 4 is 10.4 Å². The fraction of sp³-hybridized carbons (Fsp3) is 0.400. The minimum Gasteiger partial charge on any atom is -0.349 e. The summed E-state index contributed by atoms with van der Waals surface area (Å²) in [6, 6.07) is 0. The molecule has 0 saturated carbocycles. The maximum atomic E-state index is 8.74. The van der Waals surface area contributed by atoms with Crippen LogP contribution in [0.2, 0.25) is 0 Å². The Labute approximate surface area is 70.2 Å². The molecule has 1 rings (SSSR count). The Kier molecular flexibility index (Phi) is 4.49. The number of H-pyrrole nitrogens is 1. The standard InChI is InChI=1S/C5H8N2.H2O4S/c1-2-5-6-3-4-7-5;1-5(2,3)4/h3-4H,2H2,1H3,(H,6,7);(H2,1,2,3,4). The number of nitrogens with zero attached hydrogens (tertiary/aromatic N) is 1. The van der Waals surface area contributed by atoms with Gasteiger partial charge in [-0.2, -0.15) is 8.42 Å². The molecule has 0 fully saturated rings. The summed E-state index contributed by atoms with van der Waals surface area (Å²) in [6.45, 7) is 2.07. The molecule has 3 N–H and O–H groups in total. The van der Waals surface area contributed by atoms with Crippen molar-refractivity contribution in [3.05, 3.63) is 18.2 Å². The van der Waals surface area contributed by atoms with Crippen molar-refractivity contribution < 1.29 is 17.5 Å². The van der Waals surface area contributed by atoms with Gasteiger partial charge in [-0.1, -0.05) is 6.92 Å². The zero-order valence-electron chi connectivity index (χ0n) is 6.43. The lowest BCUT2D eigenvalue weighted by molar-refractivity contribution is 0.381. The van der Waals surface area contributed by atoms with E-state index in [9.17, 15) is 0 Å². The van der Waals surface area contributed by atoms with Gasteiger partial charge in [-0.3, -0.25) is 9.11 Å². The minimum atomic E-state index is -4.67. The van der Waals surface area contributed by atoms with Gasteiger partial charge in [0.2, 0.25) is 0 Å². The van der Waals surface area contributed by atoms with Crippen molar-refractivity contribution in [2.24, 2.45) is 0 Å². The molecule has 1 heterocycles. The van der Waals surface area contributed by atoms with Crippen LogP contribution >= 0.6 is 0 Å². The van der Waals surface area contributed by atoms with Crippen molar-refractivity contribution in [2.45, 2.75) is 13.3 Å². The molecule has 0 bridgehead atoms. The molecular weight excluding hydrogens is 184 g/mol. The quantitative estimate of drug-likeness (QED) is 0.558. The fourth-order valence-corrected chi connectivity index (χ4v) is 0.491. The van der Waals surface area contributed by atoms with Crippen molar-refractivity contribution in [3.63, 3.8) is 0 Å². The lowest BCUT2D eigenvalue weighted by atomic mass is 10.5. The number of aromatic amines is 1. The molecule has 0 unspecified atom stereocenters. The number of hydrogen-bond donors (Lipinski definition) is 3. The Morgan fingerprint density at radius 2 is 2.08 bits per heavy atom. The Balaban J connectivity index is 0.000000217. The van der Waals surface area contributed by atoms with Crippen LogP contribution in [0.4, 0.5) is 0 Å². The topological polar surface area (TPSA) is 103 Å². The first-order valence-corrected chi connectivity index (χ1v) is 4.51. The molecule has 6 nitrogen and oxygen atoms in total. The van der Waals surface area contributed by atoms with Gasteiger partial charge in [0.15, 0.2) is 0 Å². The van der Waals surface area contributed by atoms with E-state index in [0.29, 0.717) is 0 Å². The minimum absolute atomic E-state index is 0.993. The van der Waals surface area contributed by atoms with E-state index in [1.54, 1.807) is 6.20 Å². The summed E-state index contributed by atoms with van der Waals surface area (Å²) in [6.07, 6.45) is 4.59. The normalized spacial score (nSPS) is 10.2. The first-order chi connectivity index (χ1) is 5.43. The monoisotopic (exact) mass is 194 g/mol. The summed E-state index contributed by atoms with van der Waals surface area (Å²) in [7, 11) is -4.67. The van der Waals surface area contributed by atoms with Crippen LogP contribution in [0.15, 0.2) is 12.4 Å². The van der Waals surface area contributed by atoms with E-state index in [4.69, 9.17) is 17.5 Å². The lowest BCUT2D eigenvalue weighted by Crippen LogP contribution is -1.89. The van der Waals surface area contributed by atoms with Crippen LogP contribution in [-0.4, -0.2) is 27.5 Å². The first kappa shape index (κ1) is 11.1. The van der Waals surface area contributed by atoms with Crippen LogP contribution in [0.5, 0.6) is 0 Å². The van der Waals surface area contributed by atoms with Crippen molar-refractivity contribution in [1.29, 1.82) is 0 Å². The van der Waals surface area contributed by atoms with Gasteiger partial charge in [0, 0.05) is 18.8 Å². The van der Waals surface area contributed by atoms with Gasteiger partial charge < -0.3 is 4.98 Å². The summed E-state index contributed by atoms with van der Waals surface area (Å²) in [5.41, 5.74) is 0.